The molecule has 25 heavy (non-hydrogen) atoms. The summed E-state index contributed by atoms with van der Waals surface area (Å²) >= 11 is 0. The Balaban J connectivity index is 1.76. The summed E-state index contributed by atoms with van der Waals surface area (Å²) in [5.41, 5.74) is 8.27. The maximum absolute atomic E-state index is 6.17. The number of nitrogens with zero attached hydrogens (tertiary/aromatic N) is 3. The monoisotopic (exact) mass is 340 g/mol. The molecule has 2 aliphatic rings. The van der Waals surface area contributed by atoms with Gasteiger partial charge in [0, 0.05) is 50.1 Å². The normalized spacial score (nSPS) is 24.4. The first-order chi connectivity index (χ1) is 12.2. The summed E-state index contributed by atoms with van der Waals surface area (Å²) in [6, 6.07) is 6.29. The average Bonchev–Trinajstić information content (AvgIpc) is 3.01. The Bertz CT molecular complexity index is 796. The largest absolute Gasteiger partial charge is 0.490 e. The second-order valence-electron chi connectivity index (χ2n) is 6.33. The molecule has 0 fully saturated rings. The Hall–Kier alpha value is -2.67. The van der Waals surface area contributed by atoms with Crippen molar-refractivity contribution < 1.29 is 14.2 Å². The van der Waals surface area contributed by atoms with Gasteiger partial charge in [-0.25, -0.2) is 15.0 Å². The van der Waals surface area contributed by atoms with Crippen LogP contribution in [0, 0.1) is 0 Å². The number of rotatable bonds is 4. The van der Waals surface area contributed by atoms with E-state index >= 15 is 0 Å². The molecule has 1 unspecified atom stereocenters. The number of amidine groups is 1. The van der Waals surface area contributed by atoms with Gasteiger partial charge in [0.05, 0.1) is 0 Å². The first-order valence-electron chi connectivity index (χ1n) is 8.24. The van der Waals surface area contributed by atoms with E-state index in [2.05, 4.69) is 21.0 Å². The van der Waals surface area contributed by atoms with Gasteiger partial charge in [-0.05, 0) is 17.7 Å². The molecule has 2 aromatic rings. The fraction of sp³-hybridized carbons (Fsp3) is 0.389. The average molecular weight is 340 g/mol. The molecule has 1 spiro atoms. The predicted octanol–water partition coefficient (Wildman–Crippen LogP) is 1.87. The molecule has 0 radical (unpaired) electrons. The smallest absolute Gasteiger partial charge is 0.283 e. The second kappa shape index (κ2) is 6.33. The van der Waals surface area contributed by atoms with E-state index in [9.17, 15) is 0 Å². The number of aliphatic imine (C=N–C) groups is 1. The van der Waals surface area contributed by atoms with Crippen molar-refractivity contribution in [3.63, 3.8) is 0 Å². The Morgan fingerprint density at radius 1 is 1.28 bits per heavy atom. The summed E-state index contributed by atoms with van der Waals surface area (Å²) in [5, 5.41) is 0. The highest BCUT2D eigenvalue weighted by molar-refractivity contribution is 5.75. The quantitative estimate of drug-likeness (QED) is 0.913. The molecule has 0 saturated carbocycles. The van der Waals surface area contributed by atoms with Gasteiger partial charge in [-0.3, -0.25) is 0 Å². The van der Waals surface area contributed by atoms with Crippen LogP contribution in [0.2, 0.25) is 0 Å². The van der Waals surface area contributed by atoms with Gasteiger partial charge >= 0.3 is 0 Å². The second-order valence-corrected chi connectivity index (χ2v) is 6.33. The van der Waals surface area contributed by atoms with Crippen molar-refractivity contribution in [1.29, 1.82) is 0 Å². The number of benzene rings is 1. The molecule has 7 nitrogen and oxygen atoms in total. The van der Waals surface area contributed by atoms with Crippen LogP contribution in [-0.2, 0) is 15.0 Å². The van der Waals surface area contributed by atoms with Crippen molar-refractivity contribution in [3.8, 4) is 16.9 Å². The Morgan fingerprint density at radius 3 is 2.84 bits per heavy atom. The highest BCUT2D eigenvalue weighted by atomic mass is 16.5. The van der Waals surface area contributed by atoms with Gasteiger partial charge in [0.25, 0.3) is 6.02 Å². The third-order valence-electron chi connectivity index (χ3n) is 4.66. The minimum absolute atomic E-state index is 0.0107. The van der Waals surface area contributed by atoms with Gasteiger partial charge in [0.15, 0.2) is 0 Å². The van der Waals surface area contributed by atoms with Crippen LogP contribution in [0.25, 0.3) is 11.1 Å². The molecule has 1 aromatic carbocycles. The number of hydrogen-bond donors (Lipinski definition) is 1. The van der Waals surface area contributed by atoms with Crippen molar-refractivity contribution >= 4 is 6.02 Å². The molecule has 7 heteroatoms. The van der Waals surface area contributed by atoms with Crippen LogP contribution in [0.3, 0.4) is 0 Å². The van der Waals surface area contributed by atoms with Crippen LogP contribution < -0.4 is 10.5 Å². The van der Waals surface area contributed by atoms with E-state index in [0.29, 0.717) is 19.6 Å². The molecule has 0 aliphatic carbocycles. The highest BCUT2D eigenvalue weighted by Gasteiger charge is 2.46. The van der Waals surface area contributed by atoms with Crippen molar-refractivity contribution in [3.05, 3.63) is 42.5 Å². The number of ether oxygens (including phenoxy) is 3. The van der Waals surface area contributed by atoms with Crippen LogP contribution >= 0.6 is 0 Å². The van der Waals surface area contributed by atoms with Crippen molar-refractivity contribution in [2.24, 2.45) is 10.7 Å². The zero-order valence-corrected chi connectivity index (χ0v) is 14.0. The van der Waals surface area contributed by atoms with Gasteiger partial charge in [-0.1, -0.05) is 6.07 Å². The maximum atomic E-state index is 6.17. The first kappa shape index (κ1) is 15.8. The summed E-state index contributed by atoms with van der Waals surface area (Å²) in [6.45, 7) is 1.06. The molecule has 0 amide bonds. The molecule has 2 atom stereocenters. The van der Waals surface area contributed by atoms with Gasteiger partial charge in [0.1, 0.15) is 30.3 Å². The Morgan fingerprint density at radius 2 is 2.12 bits per heavy atom. The number of nitrogens with two attached hydrogens (primary N) is 1. The minimum atomic E-state index is -0.512. The lowest BCUT2D eigenvalue weighted by Crippen LogP contribution is -2.39. The SMILES string of the molecule is COCCC1C[C@]2(COC(N)=N2)c2cc(-c3cncnc3)ccc2O1. The van der Waals surface area contributed by atoms with Crippen molar-refractivity contribution in [2.75, 3.05) is 20.3 Å². The van der Waals surface area contributed by atoms with Crippen LogP contribution in [0.15, 0.2) is 41.9 Å². The Kier molecular flexibility index (Phi) is 4.01. The van der Waals surface area contributed by atoms with Crippen LogP contribution in [0.1, 0.15) is 18.4 Å². The number of fused-ring (bicyclic) bond motifs is 2. The summed E-state index contributed by atoms with van der Waals surface area (Å²) in [4.78, 5) is 12.8. The van der Waals surface area contributed by atoms with Gasteiger partial charge in [-0.15, -0.1) is 0 Å². The summed E-state index contributed by atoms with van der Waals surface area (Å²) in [7, 11) is 1.69. The van der Waals surface area contributed by atoms with Crippen LogP contribution in [0.5, 0.6) is 5.75 Å². The fourth-order valence-corrected chi connectivity index (χ4v) is 3.45. The molecule has 4 rings (SSSR count). The number of methoxy groups -OCH3 is 1. The summed E-state index contributed by atoms with van der Waals surface area (Å²) in [6.07, 6.45) is 6.60. The molecule has 2 aliphatic heterocycles. The molecular weight excluding hydrogens is 320 g/mol. The Labute approximate surface area is 145 Å². The highest BCUT2D eigenvalue weighted by Crippen LogP contribution is 2.46. The summed E-state index contributed by atoms with van der Waals surface area (Å²) in [5.74, 6) is 0.815. The third-order valence-corrected chi connectivity index (χ3v) is 4.66. The molecule has 2 N–H and O–H groups in total. The van der Waals surface area contributed by atoms with Crippen molar-refractivity contribution in [2.45, 2.75) is 24.5 Å². The standard InChI is InChI=1S/C18H20N4O3/c1-23-5-4-14-7-18(10-24-17(19)22-18)15-6-12(2-3-16(15)25-14)13-8-20-11-21-9-13/h2-3,6,8-9,11,14H,4-5,7,10H2,1H3,(H2,19,22)/t14?,18-/m0/s1. The minimum Gasteiger partial charge on any atom is -0.490 e. The van der Waals surface area contributed by atoms with Gasteiger partial charge in [0.2, 0.25) is 0 Å². The molecule has 3 heterocycles. The van der Waals surface area contributed by atoms with Crippen LogP contribution in [0.4, 0.5) is 0 Å². The molecular formula is C18H20N4O3. The molecule has 130 valence electrons. The fourth-order valence-electron chi connectivity index (χ4n) is 3.45. The van der Waals surface area contributed by atoms with E-state index in [1.54, 1.807) is 19.5 Å². The molecule has 0 bridgehead atoms. The van der Waals surface area contributed by atoms with E-state index in [0.717, 1.165) is 28.9 Å². The van der Waals surface area contributed by atoms with E-state index in [-0.39, 0.29) is 12.1 Å². The lowest BCUT2D eigenvalue weighted by Gasteiger charge is -2.37. The van der Waals surface area contributed by atoms with E-state index in [4.69, 9.17) is 19.9 Å². The van der Waals surface area contributed by atoms with Gasteiger partial charge < -0.3 is 19.9 Å². The van der Waals surface area contributed by atoms with E-state index in [1.165, 1.54) is 6.33 Å². The van der Waals surface area contributed by atoms with Crippen molar-refractivity contribution in [1.82, 2.24) is 9.97 Å². The predicted molar refractivity (Wildman–Crippen MR) is 92.2 cm³/mol. The zero-order chi connectivity index (χ0) is 17.3. The van der Waals surface area contributed by atoms with E-state index in [1.807, 2.05) is 12.1 Å². The lowest BCUT2D eigenvalue weighted by molar-refractivity contribution is 0.0743. The third kappa shape index (κ3) is 2.91. The molecule has 1 aromatic heterocycles. The van der Waals surface area contributed by atoms with Gasteiger partial charge in [-0.2, -0.15) is 0 Å². The summed E-state index contributed by atoms with van der Waals surface area (Å²) < 4.78 is 16.9. The van der Waals surface area contributed by atoms with E-state index < -0.39 is 5.54 Å². The topological polar surface area (TPSA) is 91.9 Å². The lowest BCUT2D eigenvalue weighted by atomic mass is 9.81. The first-order valence-corrected chi connectivity index (χ1v) is 8.24. The zero-order valence-electron chi connectivity index (χ0n) is 14.0. The number of hydrogen-bond acceptors (Lipinski definition) is 7. The maximum Gasteiger partial charge on any atom is 0.283 e. The number of aromatic nitrogens is 2. The molecule has 0 saturated heterocycles. The van der Waals surface area contributed by atoms with Crippen LogP contribution in [-0.4, -0.2) is 42.4 Å².